The van der Waals surface area contributed by atoms with Crippen LogP contribution in [0.5, 0.6) is 5.75 Å². The Bertz CT molecular complexity index is 456. The highest BCUT2D eigenvalue weighted by molar-refractivity contribution is 5.30. The fraction of sp³-hybridized carbons (Fsp3) is 0.600. The van der Waals surface area contributed by atoms with Crippen LogP contribution in [0.4, 0.5) is 26.3 Å². The molecule has 1 saturated carbocycles. The van der Waals surface area contributed by atoms with E-state index in [-0.39, 0.29) is 0 Å². The predicted octanol–water partition coefficient (Wildman–Crippen LogP) is 5.61. The van der Waals surface area contributed by atoms with Gasteiger partial charge in [0.05, 0.1) is 0 Å². The smallest absolute Gasteiger partial charge is 0.434 e. The third kappa shape index (κ3) is 4.30. The summed E-state index contributed by atoms with van der Waals surface area (Å²) < 4.78 is 78.7. The fourth-order valence-corrected chi connectivity index (χ4v) is 2.71. The summed E-state index contributed by atoms with van der Waals surface area (Å²) in [5, 5.41) is 0. The lowest BCUT2D eigenvalue weighted by atomic mass is 9.84. The first kappa shape index (κ1) is 17.0. The molecule has 1 aromatic rings. The number of halogens is 6. The Morgan fingerprint density at radius 3 is 1.77 bits per heavy atom. The van der Waals surface area contributed by atoms with Crippen molar-refractivity contribution in [2.75, 3.05) is 0 Å². The molecule has 1 aliphatic carbocycles. The molecule has 0 bridgehead atoms. The van der Waals surface area contributed by atoms with Gasteiger partial charge < -0.3 is 4.74 Å². The molecule has 0 aliphatic heterocycles. The molecule has 1 aromatic carbocycles. The summed E-state index contributed by atoms with van der Waals surface area (Å²) in [5.41, 5.74) is 0.933. The van der Waals surface area contributed by atoms with E-state index in [4.69, 9.17) is 0 Å². The van der Waals surface area contributed by atoms with E-state index in [1.54, 1.807) is 12.1 Å². The molecule has 22 heavy (non-hydrogen) atoms. The minimum Gasteiger partial charge on any atom is -0.471 e. The van der Waals surface area contributed by atoms with Gasteiger partial charge in [-0.1, -0.05) is 31.4 Å². The zero-order valence-electron chi connectivity index (χ0n) is 11.7. The van der Waals surface area contributed by atoms with Crippen molar-refractivity contribution in [2.24, 2.45) is 0 Å². The first-order valence-electron chi connectivity index (χ1n) is 7.08. The predicted molar refractivity (Wildman–Crippen MR) is 68.8 cm³/mol. The largest absolute Gasteiger partial charge is 0.471 e. The third-order valence-corrected chi connectivity index (χ3v) is 3.81. The van der Waals surface area contributed by atoms with Crippen molar-refractivity contribution < 1.29 is 31.1 Å². The lowest BCUT2D eigenvalue weighted by Gasteiger charge is -2.25. The molecule has 0 amide bonds. The molecular formula is C15H16F6O. The Kier molecular flexibility index (Phi) is 4.92. The van der Waals surface area contributed by atoms with Crippen LogP contribution in [0.2, 0.25) is 0 Å². The van der Waals surface area contributed by atoms with Crippen molar-refractivity contribution in [1.82, 2.24) is 0 Å². The van der Waals surface area contributed by atoms with Gasteiger partial charge in [-0.05, 0) is 36.5 Å². The molecule has 0 radical (unpaired) electrons. The summed E-state index contributed by atoms with van der Waals surface area (Å²) in [4.78, 5) is 0. The van der Waals surface area contributed by atoms with Crippen LogP contribution < -0.4 is 4.74 Å². The SMILES string of the molecule is FC(F)(F)C(Oc1ccc(C2CCCCC2)cc1)C(F)(F)F. The molecule has 0 N–H and O–H groups in total. The molecule has 124 valence electrons. The summed E-state index contributed by atoms with van der Waals surface area (Å²) in [6, 6.07) is 5.45. The molecule has 1 aliphatic rings. The zero-order valence-corrected chi connectivity index (χ0v) is 11.7. The van der Waals surface area contributed by atoms with Gasteiger partial charge in [0.15, 0.2) is 0 Å². The van der Waals surface area contributed by atoms with Crippen molar-refractivity contribution in [1.29, 1.82) is 0 Å². The second kappa shape index (κ2) is 6.38. The van der Waals surface area contributed by atoms with Crippen LogP contribution in [0.15, 0.2) is 24.3 Å². The van der Waals surface area contributed by atoms with Gasteiger partial charge in [-0.2, -0.15) is 26.3 Å². The molecule has 1 nitrogen and oxygen atoms in total. The van der Waals surface area contributed by atoms with E-state index in [1.165, 1.54) is 12.1 Å². The third-order valence-electron chi connectivity index (χ3n) is 3.81. The van der Waals surface area contributed by atoms with Crippen LogP contribution in [0, 0.1) is 0 Å². The van der Waals surface area contributed by atoms with Gasteiger partial charge in [0.1, 0.15) is 5.75 Å². The van der Waals surface area contributed by atoms with Crippen LogP contribution in [0.3, 0.4) is 0 Å². The van der Waals surface area contributed by atoms with Crippen molar-refractivity contribution in [3.8, 4) is 5.75 Å². The summed E-state index contributed by atoms with van der Waals surface area (Å²) in [7, 11) is 0. The van der Waals surface area contributed by atoms with Gasteiger partial charge in [-0.25, -0.2) is 0 Å². The Balaban J connectivity index is 2.09. The van der Waals surface area contributed by atoms with Gasteiger partial charge in [0, 0.05) is 0 Å². The van der Waals surface area contributed by atoms with Crippen molar-refractivity contribution in [3.63, 3.8) is 0 Å². The van der Waals surface area contributed by atoms with E-state index in [1.807, 2.05) is 0 Å². The normalized spacial score (nSPS) is 17.8. The maximum Gasteiger partial charge on any atom is 0.434 e. The van der Waals surface area contributed by atoms with Crippen LogP contribution in [-0.4, -0.2) is 18.5 Å². The number of hydrogen-bond acceptors (Lipinski definition) is 1. The quantitative estimate of drug-likeness (QED) is 0.656. The Morgan fingerprint density at radius 2 is 1.32 bits per heavy atom. The van der Waals surface area contributed by atoms with Crippen LogP contribution in [0.25, 0.3) is 0 Å². The number of hydrogen-bond donors (Lipinski definition) is 0. The van der Waals surface area contributed by atoms with E-state index in [0.29, 0.717) is 5.92 Å². The standard InChI is InChI=1S/C15H16F6O/c16-14(17,18)13(15(19,20)21)22-12-8-6-11(7-9-12)10-4-2-1-3-5-10/h6-10,13H,1-5H2. The second-order valence-corrected chi connectivity index (χ2v) is 5.49. The fourth-order valence-electron chi connectivity index (χ4n) is 2.71. The second-order valence-electron chi connectivity index (χ2n) is 5.49. The summed E-state index contributed by atoms with van der Waals surface area (Å²) in [6.45, 7) is 0. The summed E-state index contributed by atoms with van der Waals surface area (Å²) in [6.07, 6.45) is -9.47. The van der Waals surface area contributed by atoms with Crippen molar-refractivity contribution >= 4 is 0 Å². The summed E-state index contributed by atoms with van der Waals surface area (Å²) >= 11 is 0. The molecule has 0 heterocycles. The lowest BCUT2D eigenvalue weighted by molar-refractivity contribution is -0.299. The van der Waals surface area contributed by atoms with E-state index in [0.717, 1.165) is 37.7 Å². The topological polar surface area (TPSA) is 9.23 Å². The minimum atomic E-state index is -5.50. The summed E-state index contributed by atoms with van der Waals surface area (Å²) in [5.74, 6) is -0.108. The first-order valence-corrected chi connectivity index (χ1v) is 7.08. The van der Waals surface area contributed by atoms with Gasteiger partial charge in [-0.15, -0.1) is 0 Å². The molecule has 0 aromatic heterocycles. The van der Waals surface area contributed by atoms with Crippen LogP contribution in [-0.2, 0) is 0 Å². The van der Waals surface area contributed by atoms with Gasteiger partial charge in [0.25, 0.3) is 6.10 Å². The van der Waals surface area contributed by atoms with E-state index in [9.17, 15) is 26.3 Å². The Labute approximate surface area is 124 Å². The molecule has 7 heteroatoms. The Hall–Kier alpha value is -1.40. The highest BCUT2D eigenvalue weighted by Gasteiger charge is 2.59. The maximum atomic E-state index is 12.4. The minimum absolute atomic E-state index is 0.323. The van der Waals surface area contributed by atoms with E-state index < -0.39 is 24.2 Å². The molecule has 2 rings (SSSR count). The molecule has 0 unspecified atom stereocenters. The van der Waals surface area contributed by atoms with Gasteiger partial charge in [0.2, 0.25) is 0 Å². The average Bonchev–Trinajstić information content (AvgIpc) is 2.44. The van der Waals surface area contributed by atoms with E-state index >= 15 is 0 Å². The molecule has 0 spiro atoms. The molecular weight excluding hydrogens is 310 g/mol. The molecule has 1 fully saturated rings. The van der Waals surface area contributed by atoms with Crippen LogP contribution >= 0.6 is 0 Å². The van der Waals surface area contributed by atoms with E-state index in [2.05, 4.69) is 4.74 Å². The highest BCUT2D eigenvalue weighted by Crippen LogP contribution is 2.37. The maximum absolute atomic E-state index is 12.4. The van der Waals surface area contributed by atoms with Crippen molar-refractivity contribution in [2.45, 2.75) is 56.5 Å². The number of rotatable bonds is 3. The first-order chi connectivity index (χ1) is 10.2. The van der Waals surface area contributed by atoms with Gasteiger partial charge in [-0.3, -0.25) is 0 Å². The lowest BCUT2D eigenvalue weighted by Crippen LogP contribution is -2.46. The van der Waals surface area contributed by atoms with Gasteiger partial charge >= 0.3 is 12.4 Å². The molecule has 0 atom stereocenters. The monoisotopic (exact) mass is 326 g/mol. The number of benzene rings is 1. The van der Waals surface area contributed by atoms with Crippen LogP contribution in [0.1, 0.15) is 43.6 Å². The number of ether oxygens (including phenoxy) is 1. The average molecular weight is 326 g/mol. The Morgan fingerprint density at radius 1 is 0.818 bits per heavy atom. The van der Waals surface area contributed by atoms with Crippen molar-refractivity contribution in [3.05, 3.63) is 29.8 Å². The molecule has 0 saturated heterocycles. The number of alkyl halides is 6. The highest BCUT2D eigenvalue weighted by atomic mass is 19.4. The zero-order chi connectivity index (χ0) is 16.4.